The first-order valence-electron chi connectivity index (χ1n) is 14.8. The molecule has 6 rings (SSSR count). The average molecular weight is 606 g/mol. The number of carbonyl (C=O) groups excluding carboxylic acids is 1. The number of amides is 1. The van der Waals surface area contributed by atoms with Crippen molar-refractivity contribution in [2.75, 3.05) is 39.5 Å². The van der Waals surface area contributed by atoms with Crippen LogP contribution in [0.4, 0.5) is 10.1 Å². The molecule has 45 heavy (non-hydrogen) atoms. The third kappa shape index (κ3) is 5.27. The standard InChI is InChI=1S/C35H36FN7O2/c1-21-25(8-7-9-28(21)38-16-17-40(3)4)33-39-29-19-23(22-10-13-26(27(36)18-22)34(44)37-2)11-14-30(29)43(33)24-12-15-31-32(20-24)42(6)35(45)41(31)5/h7-15,18-20,38H,16-17H2,1-6H3,(H,37,44). The fourth-order valence-electron chi connectivity index (χ4n) is 5.83. The molecule has 0 aliphatic carbocycles. The summed E-state index contributed by atoms with van der Waals surface area (Å²) in [5, 5.41) is 6.03. The molecule has 0 unspecified atom stereocenters. The van der Waals surface area contributed by atoms with Crippen LogP contribution >= 0.6 is 0 Å². The predicted octanol–water partition coefficient (Wildman–Crippen LogP) is 5.33. The molecule has 4 aromatic carbocycles. The number of imidazole rings is 2. The lowest BCUT2D eigenvalue weighted by molar-refractivity contribution is 0.0959. The number of hydrogen-bond donors (Lipinski definition) is 2. The van der Waals surface area contributed by atoms with Gasteiger partial charge in [0.1, 0.15) is 11.6 Å². The van der Waals surface area contributed by atoms with Gasteiger partial charge >= 0.3 is 5.69 Å². The van der Waals surface area contributed by atoms with E-state index < -0.39 is 11.7 Å². The number of likely N-dealkylation sites (N-methyl/N-ethyl adjacent to an activating group) is 1. The van der Waals surface area contributed by atoms with Gasteiger partial charge in [-0.2, -0.15) is 0 Å². The minimum Gasteiger partial charge on any atom is -0.384 e. The number of hydrogen-bond acceptors (Lipinski definition) is 5. The first kappa shape index (κ1) is 29.8. The summed E-state index contributed by atoms with van der Waals surface area (Å²) < 4.78 is 20.3. The molecule has 6 aromatic rings. The lowest BCUT2D eigenvalue weighted by atomic mass is 10.0. The number of rotatable bonds is 8. The van der Waals surface area contributed by atoms with Crippen molar-refractivity contribution in [3.63, 3.8) is 0 Å². The summed E-state index contributed by atoms with van der Waals surface area (Å²) in [6.07, 6.45) is 0. The van der Waals surface area contributed by atoms with Crippen LogP contribution in [0.1, 0.15) is 15.9 Å². The molecule has 0 radical (unpaired) electrons. The Morgan fingerprint density at radius 3 is 2.36 bits per heavy atom. The van der Waals surface area contributed by atoms with Gasteiger partial charge < -0.3 is 15.5 Å². The molecule has 2 N–H and O–H groups in total. The second kappa shape index (κ2) is 11.7. The van der Waals surface area contributed by atoms with Crippen molar-refractivity contribution in [3.8, 4) is 28.2 Å². The van der Waals surface area contributed by atoms with E-state index in [1.54, 1.807) is 29.3 Å². The molecule has 0 aliphatic rings. The number of carbonyl (C=O) groups is 1. The highest BCUT2D eigenvalue weighted by molar-refractivity contribution is 5.95. The largest absolute Gasteiger partial charge is 0.384 e. The van der Waals surface area contributed by atoms with Crippen molar-refractivity contribution in [1.29, 1.82) is 0 Å². The van der Waals surface area contributed by atoms with Crippen LogP contribution < -0.4 is 16.3 Å². The van der Waals surface area contributed by atoms with Crippen LogP contribution in [0, 0.1) is 12.7 Å². The fraction of sp³-hybridized carbons (Fsp3) is 0.229. The van der Waals surface area contributed by atoms with Gasteiger partial charge in [0.25, 0.3) is 5.91 Å². The minimum absolute atomic E-state index is 0.00542. The molecule has 0 bridgehead atoms. The molecule has 1 amide bonds. The number of nitrogens with one attached hydrogen (secondary N) is 2. The fourth-order valence-corrected chi connectivity index (χ4v) is 5.83. The Morgan fingerprint density at radius 2 is 1.62 bits per heavy atom. The highest BCUT2D eigenvalue weighted by Gasteiger charge is 2.20. The third-order valence-corrected chi connectivity index (χ3v) is 8.39. The SMILES string of the molecule is CNC(=O)c1ccc(-c2ccc3c(c2)nc(-c2cccc(NCCN(C)C)c2C)n3-c2ccc3c(c2)n(C)c(=O)n3C)cc1F. The van der Waals surface area contributed by atoms with Crippen LogP contribution in [0.15, 0.2) is 77.6 Å². The van der Waals surface area contributed by atoms with Crippen LogP contribution in [0.3, 0.4) is 0 Å². The van der Waals surface area contributed by atoms with E-state index in [0.717, 1.165) is 69.0 Å². The summed E-state index contributed by atoms with van der Waals surface area (Å²) in [6, 6.07) is 22.6. The second-order valence-corrected chi connectivity index (χ2v) is 11.5. The summed E-state index contributed by atoms with van der Waals surface area (Å²) in [5.41, 5.74) is 8.48. The topological polar surface area (TPSA) is 89.1 Å². The molecule has 0 atom stereocenters. The van der Waals surface area contributed by atoms with Crippen LogP contribution in [-0.4, -0.2) is 63.7 Å². The Labute approximate surface area is 260 Å². The first-order chi connectivity index (χ1) is 21.6. The van der Waals surface area contributed by atoms with E-state index in [9.17, 15) is 14.0 Å². The molecule has 0 saturated carbocycles. The van der Waals surface area contributed by atoms with E-state index in [1.165, 1.54) is 19.2 Å². The smallest absolute Gasteiger partial charge is 0.328 e. The predicted molar refractivity (Wildman–Crippen MR) is 179 cm³/mol. The van der Waals surface area contributed by atoms with Gasteiger partial charge in [-0.1, -0.05) is 24.3 Å². The molecule has 0 saturated heterocycles. The van der Waals surface area contributed by atoms with Gasteiger partial charge in [-0.3, -0.25) is 18.5 Å². The van der Waals surface area contributed by atoms with Gasteiger partial charge in [0.05, 0.1) is 27.6 Å². The van der Waals surface area contributed by atoms with Crippen molar-refractivity contribution in [1.82, 2.24) is 28.9 Å². The molecule has 230 valence electrons. The van der Waals surface area contributed by atoms with Gasteiger partial charge in [-0.25, -0.2) is 14.2 Å². The van der Waals surface area contributed by atoms with Crippen molar-refractivity contribution in [2.24, 2.45) is 14.1 Å². The van der Waals surface area contributed by atoms with Crippen molar-refractivity contribution >= 4 is 33.7 Å². The Kier molecular flexibility index (Phi) is 7.76. The summed E-state index contributed by atoms with van der Waals surface area (Å²) in [6.45, 7) is 3.78. The van der Waals surface area contributed by atoms with Crippen LogP contribution in [0.5, 0.6) is 0 Å². The minimum atomic E-state index is -0.589. The number of benzene rings is 4. The van der Waals surface area contributed by atoms with E-state index in [0.29, 0.717) is 5.56 Å². The van der Waals surface area contributed by atoms with Crippen LogP contribution in [-0.2, 0) is 14.1 Å². The number of halogens is 1. The lowest BCUT2D eigenvalue weighted by Gasteiger charge is -2.16. The second-order valence-electron chi connectivity index (χ2n) is 11.5. The van der Waals surface area contributed by atoms with Gasteiger partial charge in [0.2, 0.25) is 0 Å². The molecule has 0 aliphatic heterocycles. The number of aromatic nitrogens is 4. The summed E-state index contributed by atoms with van der Waals surface area (Å²) >= 11 is 0. The third-order valence-electron chi connectivity index (χ3n) is 8.39. The number of fused-ring (bicyclic) bond motifs is 2. The molecule has 0 fully saturated rings. The Hall–Kier alpha value is -5.22. The Morgan fingerprint density at radius 1 is 0.911 bits per heavy atom. The summed E-state index contributed by atoms with van der Waals surface area (Å²) in [4.78, 5) is 32.0. The molecule has 10 heteroatoms. The zero-order valence-electron chi connectivity index (χ0n) is 26.3. The van der Waals surface area contributed by atoms with Crippen LogP contribution in [0.25, 0.3) is 50.3 Å². The molecule has 2 heterocycles. The van der Waals surface area contributed by atoms with Crippen molar-refractivity contribution in [2.45, 2.75) is 6.92 Å². The normalized spacial score (nSPS) is 11.6. The van der Waals surface area contributed by atoms with Gasteiger partial charge in [0.15, 0.2) is 0 Å². The molecule has 9 nitrogen and oxygen atoms in total. The number of aryl methyl sites for hydroxylation is 2. The molecule has 0 spiro atoms. The number of nitrogens with zero attached hydrogens (tertiary/aromatic N) is 5. The molecular weight excluding hydrogens is 569 g/mol. The molecular formula is C35H36FN7O2. The molecule has 2 aromatic heterocycles. The van der Waals surface area contributed by atoms with E-state index in [1.807, 2.05) is 56.6 Å². The highest BCUT2D eigenvalue weighted by Crippen LogP contribution is 2.35. The number of anilines is 1. The zero-order valence-corrected chi connectivity index (χ0v) is 26.3. The van der Waals surface area contributed by atoms with E-state index in [4.69, 9.17) is 4.98 Å². The van der Waals surface area contributed by atoms with Crippen molar-refractivity contribution < 1.29 is 9.18 Å². The van der Waals surface area contributed by atoms with Gasteiger partial charge in [-0.15, -0.1) is 0 Å². The van der Waals surface area contributed by atoms with E-state index in [2.05, 4.69) is 39.2 Å². The monoisotopic (exact) mass is 605 g/mol. The quantitative estimate of drug-likeness (QED) is 0.245. The van der Waals surface area contributed by atoms with Crippen molar-refractivity contribution in [3.05, 3.63) is 100 Å². The van der Waals surface area contributed by atoms with Gasteiger partial charge in [0, 0.05) is 51.2 Å². The van der Waals surface area contributed by atoms with Crippen LogP contribution in [0.2, 0.25) is 0 Å². The lowest BCUT2D eigenvalue weighted by Crippen LogP contribution is -2.21. The maximum Gasteiger partial charge on any atom is 0.328 e. The highest BCUT2D eigenvalue weighted by atomic mass is 19.1. The Balaban J connectivity index is 1.54. The maximum atomic E-state index is 14.9. The average Bonchev–Trinajstić information content (AvgIpc) is 3.51. The van der Waals surface area contributed by atoms with Gasteiger partial charge in [-0.05, 0) is 86.2 Å². The van der Waals surface area contributed by atoms with E-state index in [-0.39, 0.29) is 11.3 Å². The van der Waals surface area contributed by atoms with E-state index >= 15 is 0 Å². The maximum absolute atomic E-state index is 14.9. The first-order valence-corrected chi connectivity index (χ1v) is 14.8. The summed E-state index contributed by atoms with van der Waals surface area (Å²) in [7, 11) is 9.11. The zero-order chi connectivity index (χ0) is 32.0. The Bertz CT molecular complexity index is 2160. The summed E-state index contributed by atoms with van der Waals surface area (Å²) in [5.74, 6) is -0.314.